The molecule has 0 N–H and O–H groups in total. The molecule has 0 atom stereocenters. The van der Waals surface area contributed by atoms with Crippen LogP contribution in [0.5, 0.6) is 0 Å². The van der Waals surface area contributed by atoms with Gasteiger partial charge in [-0.05, 0) is 54.3 Å². The van der Waals surface area contributed by atoms with Crippen LogP contribution in [0.2, 0.25) is 11.6 Å². The van der Waals surface area contributed by atoms with Gasteiger partial charge < -0.3 is 0 Å². The SMILES string of the molecule is CC1CCC(CC2CCC(C[SiH2]C3CCC(CC4CCC(C)CC4)CC3)CC2)CC1. The molecule has 4 aliphatic carbocycles. The third-order valence-electron chi connectivity index (χ3n) is 10.5. The summed E-state index contributed by atoms with van der Waals surface area (Å²) in [6, 6.07) is 1.71. The molecule has 174 valence electrons. The lowest BCUT2D eigenvalue weighted by molar-refractivity contribution is 0.200. The van der Waals surface area contributed by atoms with Crippen LogP contribution in [-0.2, 0) is 0 Å². The van der Waals surface area contributed by atoms with E-state index in [1.807, 2.05) is 0 Å². The van der Waals surface area contributed by atoms with Crippen molar-refractivity contribution >= 4 is 9.52 Å². The Bertz CT molecular complexity index is 411. The van der Waals surface area contributed by atoms with Crippen molar-refractivity contribution in [3.63, 3.8) is 0 Å². The molecule has 4 fully saturated rings. The Balaban J connectivity index is 1.05. The van der Waals surface area contributed by atoms with Gasteiger partial charge in [-0.3, -0.25) is 0 Å². The summed E-state index contributed by atoms with van der Waals surface area (Å²) in [4.78, 5) is 0. The van der Waals surface area contributed by atoms with Crippen molar-refractivity contribution in [3.05, 3.63) is 0 Å². The molecule has 0 aromatic heterocycles. The maximum Gasteiger partial charge on any atom is 0.0234 e. The predicted molar refractivity (Wildman–Crippen MR) is 136 cm³/mol. The van der Waals surface area contributed by atoms with Crippen molar-refractivity contribution in [2.75, 3.05) is 0 Å². The molecular weight excluding hydrogens is 376 g/mol. The van der Waals surface area contributed by atoms with Gasteiger partial charge in [0.25, 0.3) is 0 Å². The first-order valence-electron chi connectivity index (χ1n) is 14.6. The first-order valence-corrected chi connectivity index (χ1v) is 16.5. The average Bonchev–Trinajstić information content (AvgIpc) is 2.77. The van der Waals surface area contributed by atoms with Crippen molar-refractivity contribution in [2.24, 2.45) is 41.4 Å². The Morgan fingerprint density at radius 3 is 1.20 bits per heavy atom. The van der Waals surface area contributed by atoms with Crippen molar-refractivity contribution in [1.82, 2.24) is 0 Å². The van der Waals surface area contributed by atoms with E-state index in [0.717, 1.165) is 41.4 Å². The third-order valence-corrected chi connectivity index (χ3v) is 13.3. The summed E-state index contributed by atoms with van der Waals surface area (Å²) < 4.78 is 0. The zero-order valence-electron chi connectivity index (χ0n) is 20.8. The van der Waals surface area contributed by atoms with Gasteiger partial charge in [-0.15, -0.1) is 0 Å². The first-order chi connectivity index (χ1) is 14.6. The zero-order chi connectivity index (χ0) is 20.8. The van der Waals surface area contributed by atoms with Gasteiger partial charge in [0.15, 0.2) is 0 Å². The highest BCUT2D eigenvalue weighted by Gasteiger charge is 2.28. The van der Waals surface area contributed by atoms with E-state index in [1.165, 1.54) is 31.2 Å². The van der Waals surface area contributed by atoms with Gasteiger partial charge in [0.05, 0.1) is 0 Å². The minimum absolute atomic E-state index is 0.212. The van der Waals surface area contributed by atoms with E-state index < -0.39 is 0 Å². The fraction of sp³-hybridized carbons (Fsp3) is 1.00. The molecule has 0 radical (unpaired) electrons. The Morgan fingerprint density at radius 2 is 0.767 bits per heavy atom. The minimum atomic E-state index is 0.212. The van der Waals surface area contributed by atoms with Crippen molar-refractivity contribution in [2.45, 2.75) is 141 Å². The van der Waals surface area contributed by atoms with Crippen LogP contribution in [0.3, 0.4) is 0 Å². The van der Waals surface area contributed by atoms with Crippen LogP contribution < -0.4 is 0 Å². The minimum Gasteiger partial charge on any atom is -0.0625 e. The van der Waals surface area contributed by atoms with E-state index in [1.54, 1.807) is 95.9 Å². The first kappa shape index (κ1) is 23.4. The van der Waals surface area contributed by atoms with Gasteiger partial charge in [-0.2, -0.15) is 0 Å². The molecule has 1 heteroatoms. The topological polar surface area (TPSA) is 0 Å². The molecule has 0 amide bonds. The second-order valence-electron chi connectivity index (χ2n) is 13.1. The normalized spacial score (nSPS) is 43.8. The lowest BCUT2D eigenvalue weighted by Crippen LogP contribution is -2.23. The van der Waals surface area contributed by atoms with Gasteiger partial charge in [0, 0.05) is 9.52 Å². The fourth-order valence-corrected chi connectivity index (χ4v) is 10.6. The molecule has 0 aromatic carbocycles. The molecule has 0 aromatic rings. The Labute approximate surface area is 192 Å². The lowest BCUT2D eigenvalue weighted by atomic mass is 9.74. The molecule has 0 aliphatic heterocycles. The van der Waals surface area contributed by atoms with E-state index >= 15 is 0 Å². The summed E-state index contributed by atoms with van der Waals surface area (Å²) in [5, 5.41) is 0. The molecule has 30 heavy (non-hydrogen) atoms. The van der Waals surface area contributed by atoms with Gasteiger partial charge in [-0.1, -0.05) is 128 Å². The molecule has 4 rings (SSSR count). The summed E-state index contributed by atoms with van der Waals surface area (Å²) in [7, 11) is 0.212. The highest BCUT2D eigenvalue weighted by molar-refractivity contribution is 6.37. The zero-order valence-corrected chi connectivity index (χ0v) is 22.2. The predicted octanol–water partition coefficient (Wildman–Crippen LogP) is 8.79. The van der Waals surface area contributed by atoms with E-state index in [2.05, 4.69) is 13.8 Å². The standard InChI is InChI=1S/C29H54Si/c1-22-3-7-24(8-4-22)19-26-11-13-28(14-12-26)21-30-29-17-15-27(16-18-29)20-25-9-5-23(2)6-10-25/h22-29H,3-21,30H2,1-2H3. The van der Waals surface area contributed by atoms with E-state index in [-0.39, 0.29) is 9.52 Å². The summed E-state index contributed by atoms with van der Waals surface area (Å²) >= 11 is 0. The van der Waals surface area contributed by atoms with Crippen LogP contribution in [-0.4, -0.2) is 9.52 Å². The molecule has 4 saturated carbocycles. The molecule has 0 saturated heterocycles. The summed E-state index contributed by atoms with van der Waals surface area (Å²) in [6.07, 6.45) is 28.4. The van der Waals surface area contributed by atoms with Crippen LogP contribution in [0, 0.1) is 41.4 Å². The third kappa shape index (κ3) is 7.38. The molecule has 0 nitrogen and oxygen atoms in total. The molecular formula is C29H54Si. The van der Waals surface area contributed by atoms with Gasteiger partial charge in [0.2, 0.25) is 0 Å². The van der Waals surface area contributed by atoms with Crippen molar-refractivity contribution in [1.29, 1.82) is 0 Å². The smallest absolute Gasteiger partial charge is 0.0234 e. The van der Waals surface area contributed by atoms with E-state index in [9.17, 15) is 0 Å². The fourth-order valence-electron chi connectivity index (χ4n) is 8.06. The highest BCUT2D eigenvalue weighted by atomic mass is 28.2. The van der Waals surface area contributed by atoms with Crippen LogP contribution in [0.25, 0.3) is 0 Å². The average molecular weight is 431 g/mol. The Kier molecular flexibility index (Phi) is 9.27. The summed E-state index contributed by atoms with van der Waals surface area (Å²) in [5.41, 5.74) is 1.23. The Hall–Kier alpha value is 0.217. The maximum absolute atomic E-state index is 2.47. The lowest BCUT2D eigenvalue weighted by Gasteiger charge is -2.35. The second kappa shape index (κ2) is 11.9. The Morgan fingerprint density at radius 1 is 0.433 bits per heavy atom. The van der Waals surface area contributed by atoms with Gasteiger partial charge in [0.1, 0.15) is 0 Å². The van der Waals surface area contributed by atoms with Crippen LogP contribution in [0.4, 0.5) is 0 Å². The molecule has 0 bridgehead atoms. The van der Waals surface area contributed by atoms with Crippen molar-refractivity contribution < 1.29 is 0 Å². The molecule has 0 unspecified atom stereocenters. The van der Waals surface area contributed by atoms with Gasteiger partial charge in [-0.25, -0.2) is 0 Å². The van der Waals surface area contributed by atoms with Crippen molar-refractivity contribution in [3.8, 4) is 0 Å². The van der Waals surface area contributed by atoms with E-state index in [0.29, 0.717) is 0 Å². The second-order valence-corrected chi connectivity index (χ2v) is 15.4. The van der Waals surface area contributed by atoms with E-state index in [4.69, 9.17) is 0 Å². The number of hydrogen-bond donors (Lipinski definition) is 0. The monoisotopic (exact) mass is 430 g/mol. The molecule has 4 aliphatic rings. The number of rotatable bonds is 7. The summed E-state index contributed by atoms with van der Waals surface area (Å²) in [6.45, 7) is 4.94. The number of hydrogen-bond acceptors (Lipinski definition) is 0. The van der Waals surface area contributed by atoms with Crippen LogP contribution in [0.1, 0.15) is 129 Å². The quantitative estimate of drug-likeness (QED) is 0.354. The molecule has 0 heterocycles. The highest BCUT2D eigenvalue weighted by Crippen LogP contribution is 2.42. The summed E-state index contributed by atoms with van der Waals surface area (Å²) in [5.74, 6) is 7.63. The van der Waals surface area contributed by atoms with Crippen LogP contribution in [0.15, 0.2) is 0 Å². The maximum atomic E-state index is 2.47. The van der Waals surface area contributed by atoms with Crippen LogP contribution >= 0.6 is 0 Å². The van der Waals surface area contributed by atoms with Gasteiger partial charge >= 0.3 is 0 Å². The largest absolute Gasteiger partial charge is 0.0625 e. The molecule has 0 spiro atoms.